The molecular weight excluding hydrogens is 422 g/mol. The molecule has 0 atom stereocenters. The molecule has 0 aliphatic rings. The van der Waals surface area contributed by atoms with E-state index in [-0.39, 0.29) is 14.7 Å². The van der Waals surface area contributed by atoms with Gasteiger partial charge in [-0.2, -0.15) is 0 Å². The molecule has 0 bridgehead atoms. The number of pyridine rings is 1. The highest BCUT2D eigenvalue weighted by molar-refractivity contribution is 14.1. The van der Waals surface area contributed by atoms with Crippen LogP contribution in [0.3, 0.4) is 0 Å². The van der Waals surface area contributed by atoms with Crippen molar-refractivity contribution in [2.24, 2.45) is 0 Å². The van der Waals surface area contributed by atoms with E-state index in [0.29, 0.717) is 0 Å². The summed E-state index contributed by atoms with van der Waals surface area (Å²) in [4.78, 5) is 14.6. The summed E-state index contributed by atoms with van der Waals surface area (Å²) >= 11 is 4.56. The number of hydrogen-bond donors (Lipinski definition) is 1. The van der Waals surface area contributed by atoms with Gasteiger partial charge in [-0.3, -0.25) is 0 Å². The third-order valence-corrected chi connectivity index (χ3v) is 2.92. The summed E-state index contributed by atoms with van der Waals surface area (Å²) in [6.07, 6.45) is -4.95. The number of alkyl halides is 4. The number of carboxylic acid groups (broad SMARTS) is 1. The van der Waals surface area contributed by atoms with E-state index in [0.717, 1.165) is 6.07 Å². The molecule has 1 aromatic rings. The highest BCUT2D eigenvalue weighted by Crippen LogP contribution is 2.30. The van der Waals surface area contributed by atoms with Crippen molar-refractivity contribution in [3.8, 4) is 5.75 Å². The minimum absolute atomic E-state index is 0.0636. The molecule has 0 fully saturated rings. The summed E-state index contributed by atoms with van der Waals surface area (Å²) in [6.45, 7) is 0. The first-order valence-corrected chi connectivity index (χ1v) is 6.19. The van der Waals surface area contributed by atoms with Crippen molar-refractivity contribution in [1.29, 1.82) is 0 Å². The van der Waals surface area contributed by atoms with Crippen LogP contribution in [0.2, 0.25) is 0 Å². The summed E-state index contributed by atoms with van der Waals surface area (Å²) in [6, 6.07) is 0.938. The van der Waals surface area contributed by atoms with Gasteiger partial charge in [-0.15, -0.1) is 13.2 Å². The number of carboxylic acids is 1. The average Bonchev–Trinajstić information content (AvgIpc) is 2.13. The van der Waals surface area contributed by atoms with Gasteiger partial charge in [-0.1, -0.05) is 15.9 Å². The van der Waals surface area contributed by atoms with E-state index in [1.807, 2.05) is 0 Å². The van der Waals surface area contributed by atoms with Gasteiger partial charge in [0.25, 0.3) is 0 Å². The second-order valence-corrected chi connectivity index (χ2v) is 4.35. The number of carbonyl (C=O) groups is 1. The zero-order chi connectivity index (χ0) is 13.2. The molecule has 9 heteroatoms. The molecule has 1 N–H and O–H groups in total. The Morgan fingerprint density at radius 2 is 2.18 bits per heavy atom. The van der Waals surface area contributed by atoms with Crippen LogP contribution in [0.5, 0.6) is 5.75 Å². The van der Waals surface area contributed by atoms with E-state index >= 15 is 0 Å². The number of hydrogen-bond acceptors (Lipinski definition) is 3. The van der Waals surface area contributed by atoms with Crippen LogP contribution in [0.25, 0.3) is 0 Å². The van der Waals surface area contributed by atoms with Gasteiger partial charge in [0.1, 0.15) is 15.0 Å². The fourth-order valence-corrected chi connectivity index (χ4v) is 2.10. The van der Waals surface area contributed by atoms with Crippen LogP contribution in [0.4, 0.5) is 13.2 Å². The van der Waals surface area contributed by atoms with Crippen molar-refractivity contribution >= 4 is 44.5 Å². The Morgan fingerprint density at radius 1 is 1.59 bits per heavy atom. The van der Waals surface area contributed by atoms with Crippen LogP contribution < -0.4 is 4.74 Å². The second kappa shape index (κ2) is 5.38. The van der Waals surface area contributed by atoms with Gasteiger partial charge in [0, 0.05) is 11.4 Å². The maximum atomic E-state index is 12.1. The summed E-state index contributed by atoms with van der Waals surface area (Å²) < 4.78 is 39.9. The Labute approximate surface area is 115 Å². The fraction of sp³-hybridized carbons (Fsp3) is 0.250. The number of aromatic carboxylic acids is 1. The Balaban J connectivity index is 3.32. The molecule has 4 nitrogen and oxygen atoms in total. The van der Waals surface area contributed by atoms with Crippen LogP contribution in [-0.2, 0) is 5.33 Å². The molecule has 1 heterocycles. The summed E-state index contributed by atoms with van der Waals surface area (Å²) in [7, 11) is 0. The maximum Gasteiger partial charge on any atom is 0.573 e. The van der Waals surface area contributed by atoms with Gasteiger partial charge in [0.15, 0.2) is 0 Å². The highest BCUT2D eigenvalue weighted by atomic mass is 127. The molecule has 0 aliphatic carbocycles. The van der Waals surface area contributed by atoms with Crippen molar-refractivity contribution in [2.75, 3.05) is 0 Å². The van der Waals surface area contributed by atoms with Crippen LogP contribution in [0, 0.1) is 3.70 Å². The number of rotatable bonds is 3. The van der Waals surface area contributed by atoms with Crippen molar-refractivity contribution in [1.82, 2.24) is 4.98 Å². The molecule has 0 unspecified atom stereocenters. The first-order valence-electron chi connectivity index (χ1n) is 3.99. The van der Waals surface area contributed by atoms with E-state index in [4.69, 9.17) is 5.11 Å². The molecule has 0 spiro atoms. The second-order valence-electron chi connectivity index (χ2n) is 2.76. The summed E-state index contributed by atoms with van der Waals surface area (Å²) in [5.74, 6) is -2.29. The zero-order valence-corrected chi connectivity index (χ0v) is 11.6. The smallest absolute Gasteiger partial charge is 0.477 e. The Bertz CT molecular complexity index is 452. The first-order chi connectivity index (χ1) is 7.74. The van der Waals surface area contributed by atoms with E-state index in [9.17, 15) is 18.0 Å². The molecule has 0 saturated carbocycles. The molecule has 1 aromatic heterocycles. The Hall–Kier alpha value is -0.580. The molecular formula is C8H4BrF3INO3. The van der Waals surface area contributed by atoms with E-state index in [1.54, 1.807) is 22.6 Å². The van der Waals surface area contributed by atoms with Gasteiger partial charge >= 0.3 is 12.3 Å². The molecule has 0 amide bonds. The predicted octanol–water partition coefficient (Wildman–Crippen LogP) is 3.18. The van der Waals surface area contributed by atoms with Gasteiger partial charge in [0.2, 0.25) is 0 Å². The van der Waals surface area contributed by atoms with Gasteiger partial charge in [-0.25, -0.2) is 9.78 Å². The topological polar surface area (TPSA) is 59.4 Å². The lowest BCUT2D eigenvalue weighted by atomic mass is 10.2. The van der Waals surface area contributed by atoms with Crippen molar-refractivity contribution in [3.05, 3.63) is 21.0 Å². The van der Waals surface area contributed by atoms with Crippen molar-refractivity contribution < 1.29 is 27.8 Å². The van der Waals surface area contributed by atoms with E-state index in [2.05, 4.69) is 25.7 Å². The third kappa shape index (κ3) is 3.98. The largest absolute Gasteiger partial charge is 0.573 e. The van der Waals surface area contributed by atoms with E-state index in [1.165, 1.54) is 0 Å². The predicted molar refractivity (Wildman–Crippen MR) is 63.2 cm³/mol. The monoisotopic (exact) mass is 425 g/mol. The fourth-order valence-electron chi connectivity index (χ4n) is 1.01. The lowest BCUT2D eigenvalue weighted by Gasteiger charge is -2.13. The lowest BCUT2D eigenvalue weighted by Crippen LogP contribution is -2.20. The SMILES string of the molecule is O=C(O)c1c(OC(F)(F)F)cc(CBr)nc1I. The molecule has 17 heavy (non-hydrogen) atoms. The van der Waals surface area contributed by atoms with Crippen molar-refractivity contribution in [2.45, 2.75) is 11.7 Å². The summed E-state index contributed by atoms with van der Waals surface area (Å²) in [5, 5.41) is 8.99. The zero-order valence-electron chi connectivity index (χ0n) is 7.89. The van der Waals surface area contributed by atoms with E-state index < -0.39 is 23.6 Å². The molecule has 0 radical (unpaired) electrons. The standard InChI is InChI=1S/C8H4BrF3INO3/c9-2-3-1-4(17-8(10,11)12)5(7(15)16)6(13)14-3/h1H,2H2,(H,15,16). The highest BCUT2D eigenvalue weighted by Gasteiger charge is 2.34. The van der Waals surface area contributed by atoms with Crippen LogP contribution in [0.15, 0.2) is 6.07 Å². The van der Waals surface area contributed by atoms with Crippen LogP contribution >= 0.6 is 38.5 Å². The normalized spacial score (nSPS) is 11.4. The number of halogens is 5. The van der Waals surface area contributed by atoms with Gasteiger partial charge in [-0.05, 0) is 22.6 Å². The Morgan fingerprint density at radius 3 is 2.59 bits per heavy atom. The molecule has 1 rings (SSSR count). The van der Waals surface area contributed by atoms with Crippen LogP contribution in [0.1, 0.15) is 16.1 Å². The molecule has 0 saturated heterocycles. The summed E-state index contributed by atoms with van der Waals surface area (Å²) in [5.41, 5.74) is -0.355. The average molecular weight is 426 g/mol. The van der Waals surface area contributed by atoms with Gasteiger partial charge in [0.05, 0.1) is 5.69 Å². The molecule has 94 valence electrons. The molecule has 0 aromatic carbocycles. The van der Waals surface area contributed by atoms with Crippen LogP contribution in [-0.4, -0.2) is 22.4 Å². The minimum Gasteiger partial charge on any atom is -0.477 e. The Kier molecular flexibility index (Phi) is 4.58. The third-order valence-electron chi connectivity index (χ3n) is 1.57. The first kappa shape index (κ1) is 14.5. The number of aromatic nitrogens is 1. The number of ether oxygens (including phenoxy) is 1. The number of nitrogens with zero attached hydrogens (tertiary/aromatic N) is 1. The minimum atomic E-state index is -4.95. The lowest BCUT2D eigenvalue weighted by molar-refractivity contribution is -0.274. The molecule has 0 aliphatic heterocycles. The maximum absolute atomic E-state index is 12.1. The quantitative estimate of drug-likeness (QED) is 0.459. The van der Waals surface area contributed by atoms with Gasteiger partial charge < -0.3 is 9.84 Å². The van der Waals surface area contributed by atoms with Crippen molar-refractivity contribution in [3.63, 3.8) is 0 Å².